The minimum Gasteiger partial charge on any atom is -0.493 e. The van der Waals surface area contributed by atoms with Gasteiger partial charge in [-0.2, -0.15) is 11.3 Å². The van der Waals surface area contributed by atoms with E-state index in [9.17, 15) is 0 Å². The quantitative estimate of drug-likeness (QED) is 0.856. The average molecular weight is 301 g/mol. The van der Waals surface area contributed by atoms with Gasteiger partial charge in [-0.05, 0) is 71.5 Å². The van der Waals surface area contributed by atoms with Crippen LogP contribution in [0.5, 0.6) is 5.75 Å². The fraction of sp³-hybridized carbons (Fsp3) is 0.444. The van der Waals surface area contributed by atoms with E-state index >= 15 is 0 Å². The SMILES string of the molecule is CCNC1CCCc2cc(OCCc3ccsc3)ccc21. The molecule has 1 aromatic heterocycles. The van der Waals surface area contributed by atoms with Gasteiger partial charge in [-0.15, -0.1) is 0 Å². The predicted octanol–water partition coefficient (Wildman–Crippen LogP) is 4.36. The van der Waals surface area contributed by atoms with Crippen LogP contribution in [0, 0.1) is 0 Å². The van der Waals surface area contributed by atoms with Crippen LogP contribution in [0.1, 0.15) is 42.5 Å². The number of rotatable bonds is 6. The summed E-state index contributed by atoms with van der Waals surface area (Å²) in [4.78, 5) is 0. The molecule has 1 aliphatic rings. The van der Waals surface area contributed by atoms with Crippen LogP contribution in [-0.4, -0.2) is 13.2 Å². The van der Waals surface area contributed by atoms with E-state index in [1.165, 1.54) is 36.0 Å². The summed E-state index contributed by atoms with van der Waals surface area (Å²) >= 11 is 1.75. The summed E-state index contributed by atoms with van der Waals surface area (Å²) in [5.74, 6) is 1.01. The van der Waals surface area contributed by atoms with Crippen LogP contribution < -0.4 is 10.1 Å². The van der Waals surface area contributed by atoms with E-state index in [4.69, 9.17) is 4.74 Å². The number of hydrogen-bond acceptors (Lipinski definition) is 3. The summed E-state index contributed by atoms with van der Waals surface area (Å²) in [6.45, 7) is 3.96. The maximum absolute atomic E-state index is 5.92. The van der Waals surface area contributed by atoms with E-state index in [-0.39, 0.29) is 0 Å². The zero-order chi connectivity index (χ0) is 14.5. The highest BCUT2D eigenvalue weighted by atomic mass is 32.1. The summed E-state index contributed by atoms with van der Waals surface area (Å²) in [7, 11) is 0. The minimum atomic E-state index is 0.526. The van der Waals surface area contributed by atoms with Crippen molar-refractivity contribution in [3.63, 3.8) is 0 Å². The van der Waals surface area contributed by atoms with Crippen molar-refractivity contribution in [2.24, 2.45) is 0 Å². The van der Waals surface area contributed by atoms with E-state index in [0.717, 1.165) is 25.3 Å². The van der Waals surface area contributed by atoms with Crippen LogP contribution in [0.4, 0.5) is 0 Å². The van der Waals surface area contributed by atoms with Crippen molar-refractivity contribution in [1.29, 1.82) is 0 Å². The number of thiophene rings is 1. The normalized spacial score (nSPS) is 17.5. The molecular weight excluding hydrogens is 278 g/mol. The van der Waals surface area contributed by atoms with Gasteiger partial charge in [-0.3, -0.25) is 0 Å². The van der Waals surface area contributed by atoms with Crippen molar-refractivity contribution in [3.05, 3.63) is 51.7 Å². The van der Waals surface area contributed by atoms with Crippen LogP contribution in [0.15, 0.2) is 35.0 Å². The molecule has 3 heteroatoms. The van der Waals surface area contributed by atoms with E-state index < -0.39 is 0 Å². The van der Waals surface area contributed by atoms with Crippen molar-refractivity contribution in [2.75, 3.05) is 13.2 Å². The van der Waals surface area contributed by atoms with Crippen LogP contribution in [0.3, 0.4) is 0 Å². The number of hydrogen-bond donors (Lipinski definition) is 1. The van der Waals surface area contributed by atoms with Gasteiger partial charge in [0.1, 0.15) is 5.75 Å². The number of ether oxygens (including phenoxy) is 1. The summed E-state index contributed by atoms with van der Waals surface area (Å²) < 4.78 is 5.92. The first-order chi connectivity index (χ1) is 10.4. The van der Waals surface area contributed by atoms with Gasteiger partial charge in [-0.1, -0.05) is 13.0 Å². The van der Waals surface area contributed by atoms with Gasteiger partial charge >= 0.3 is 0 Å². The highest BCUT2D eigenvalue weighted by Gasteiger charge is 2.19. The Morgan fingerprint density at radius 1 is 1.33 bits per heavy atom. The fourth-order valence-corrected chi connectivity index (χ4v) is 3.76. The Hall–Kier alpha value is -1.32. The van der Waals surface area contributed by atoms with Crippen molar-refractivity contribution in [2.45, 2.75) is 38.6 Å². The summed E-state index contributed by atoms with van der Waals surface area (Å²) in [5, 5.41) is 7.89. The molecule has 0 bridgehead atoms. The van der Waals surface area contributed by atoms with Crippen LogP contribution in [-0.2, 0) is 12.8 Å². The molecule has 2 nitrogen and oxygen atoms in total. The second-order valence-electron chi connectivity index (χ2n) is 5.59. The Labute approximate surface area is 131 Å². The molecule has 1 aromatic carbocycles. The predicted molar refractivity (Wildman–Crippen MR) is 89.3 cm³/mol. The van der Waals surface area contributed by atoms with Gasteiger partial charge in [0.25, 0.3) is 0 Å². The molecule has 1 atom stereocenters. The lowest BCUT2D eigenvalue weighted by atomic mass is 9.87. The molecule has 2 aromatic rings. The topological polar surface area (TPSA) is 21.3 Å². The van der Waals surface area contributed by atoms with Crippen LogP contribution in [0.2, 0.25) is 0 Å². The molecule has 0 spiro atoms. The molecule has 0 fully saturated rings. The highest BCUT2D eigenvalue weighted by molar-refractivity contribution is 7.07. The average Bonchev–Trinajstić information content (AvgIpc) is 3.01. The van der Waals surface area contributed by atoms with Gasteiger partial charge in [0.05, 0.1) is 6.61 Å². The lowest BCUT2D eigenvalue weighted by molar-refractivity contribution is 0.321. The maximum Gasteiger partial charge on any atom is 0.119 e. The maximum atomic E-state index is 5.92. The lowest BCUT2D eigenvalue weighted by Crippen LogP contribution is -2.24. The van der Waals surface area contributed by atoms with Crippen molar-refractivity contribution >= 4 is 11.3 Å². The third kappa shape index (κ3) is 3.66. The molecule has 21 heavy (non-hydrogen) atoms. The monoisotopic (exact) mass is 301 g/mol. The smallest absolute Gasteiger partial charge is 0.119 e. The Morgan fingerprint density at radius 3 is 3.10 bits per heavy atom. The minimum absolute atomic E-state index is 0.526. The van der Waals surface area contributed by atoms with E-state index in [1.807, 2.05) is 0 Å². The number of nitrogens with one attached hydrogen (secondary N) is 1. The van der Waals surface area contributed by atoms with Crippen molar-refractivity contribution in [1.82, 2.24) is 5.32 Å². The molecule has 1 unspecified atom stereocenters. The third-order valence-corrected chi connectivity index (χ3v) is 4.85. The fourth-order valence-electron chi connectivity index (χ4n) is 3.06. The zero-order valence-corrected chi connectivity index (χ0v) is 13.4. The molecule has 1 heterocycles. The van der Waals surface area contributed by atoms with Crippen LogP contribution in [0.25, 0.3) is 0 Å². The van der Waals surface area contributed by atoms with Crippen LogP contribution >= 0.6 is 11.3 Å². The molecular formula is C18H23NOS. The van der Waals surface area contributed by atoms with E-state index in [1.54, 1.807) is 11.3 Å². The van der Waals surface area contributed by atoms with Gasteiger partial charge < -0.3 is 10.1 Å². The van der Waals surface area contributed by atoms with Crippen molar-refractivity contribution < 1.29 is 4.74 Å². The van der Waals surface area contributed by atoms with Gasteiger partial charge in [0.15, 0.2) is 0 Å². The number of aryl methyl sites for hydroxylation is 1. The van der Waals surface area contributed by atoms with Gasteiger partial charge in [0.2, 0.25) is 0 Å². The lowest BCUT2D eigenvalue weighted by Gasteiger charge is -2.26. The van der Waals surface area contributed by atoms with E-state index in [0.29, 0.717) is 6.04 Å². The number of benzene rings is 1. The molecule has 1 aliphatic carbocycles. The first-order valence-corrected chi connectivity index (χ1v) is 8.81. The summed E-state index contributed by atoms with van der Waals surface area (Å²) in [6.07, 6.45) is 4.68. The Balaban J connectivity index is 1.62. The standard InChI is InChI=1S/C18H23NOS/c1-2-19-18-5-3-4-15-12-16(6-7-17(15)18)20-10-8-14-9-11-21-13-14/h6-7,9,11-13,18-19H,2-5,8,10H2,1H3. The first kappa shape index (κ1) is 14.6. The zero-order valence-electron chi connectivity index (χ0n) is 12.6. The Morgan fingerprint density at radius 2 is 2.29 bits per heavy atom. The summed E-state index contributed by atoms with van der Waals surface area (Å²) in [5.41, 5.74) is 4.29. The second kappa shape index (κ2) is 7.10. The summed E-state index contributed by atoms with van der Waals surface area (Å²) in [6, 6.07) is 9.32. The molecule has 0 saturated carbocycles. The first-order valence-electron chi connectivity index (χ1n) is 7.87. The molecule has 0 saturated heterocycles. The molecule has 0 radical (unpaired) electrons. The number of fused-ring (bicyclic) bond motifs is 1. The van der Waals surface area contributed by atoms with Gasteiger partial charge in [-0.25, -0.2) is 0 Å². The Bertz CT molecular complexity index is 565. The second-order valence-corrected chi connectivity index (χ2v) is 6.37. The van der Waals surface area contributed by atoms with Gasteiger partial charge in [0, 0.05) is 12.5 Å². The van der Waals surface area contributed by atoms with E-state index in [2.05, 4.69) is 47.3 Å². The highest BCUT2D eigenvalue weighted by Crippen LogP contribution is 2.32. The molecule has 112 valence electrons. The largest absolute Gasteiger partial charge is 0.493 e. The third-order valence-electron chi connectivity index (χ3n) is 4.12. The van der Waals surface area contributed by atoms with Crippen molar-refractivity contribution in [3.8, 4) is 5.75 Å². The molecule has 0 aliphatic heterocycles. The molecule has 0 amide bonds. The molecule has 3 rings (SSSR count). The molecule has 1 N–H and O–H groups in total. The Kier molecular flexibility index (Phi) is 4.94.